The van der Waals surface area contributed by atoms with Gasteiger partial charge in [0.2, 0.25) is 0 Å². The van der Waals surface area contributed by atoms with Crippen molar-refractivity contribution in [2.24, 2.45) is 0 Å². The first-order valence-electron chi connectivity index (χ1n) is 4.87. The fourth-order valence-corrected chi connectivity index (χ4v) is 2.15. The summed E-state index contributed by atoms with van der Waals surface area (Å²) in [5, 5.41) is 15.4. The molecule has 1 aromatic heterocycles. The number of carbonyl (C=O) groups is 1. The largest absolute Gasteiger partial charge is 0.315 e. The third kappa shape index (κ3) is 2.66. The summed E-state index contributed by atoms with van der Waals surface area (Å²) in [4.78, 5) is 22.5. The minimum atomic E-state index is -0.569. The number of hydrogen-bond acceptors (Lipinski definition) is 4. The lowest BCUT2D eigenvalue weighted by molar-refractivity contribution is -0.383. The van der Waals surface area contributed by atoms with Crippen LogP contribution in [0.15, 0.2) is 35.7 Å². The van der Waals surface area contributed by atoms with Gasteiger partial charge in [0.15, 0.2) is 0 Å². The molecule has 0 aliphatic heterocycles. The Morgan fingerprint density at radius 2 is 2.17 bits per heavy atom. The SMILES string of the molecule is O=C(Nc1cc(Cl)ccc1[N+](=O)[O-])c1cccs1. The van der Waals surface area contributed by atoms with Crippen molar-refractivity contribution in [2.75, 3.05) is 5.32 Å². The van der Waals surface area contributed by atoms with Crippen LogP contribution in [-0.2, 0) is 0 Å². The Morgan fingerprint density at radius 1 is 1.39 bits per heavy atom. The molecule has 0 spiro atoms. The number of benzene rings is 1. The van der Waals surface area contributed by atoms with Gasteiger partial charge >= 0.3 is 0 Å². The van der Waals surface area contributed by atoms with Gasteiger partial charge in [0.1, 0.15) is 5.69 Å². The molecule has 0 aliphatic carbocycles. The van der Waals surface area contributed by atoms with E-state index in [1.54, 1.807) is 17.5 Å². The molecule has 0 radical (unpaired) electrons. The van der Waals surface area contributed by atoms with Crippen molar-refractivity contribution in [3.8, 4) is 0 Å². The summed E-state index contributed by atoms with van der Waals surface area (Å²) in [5.74, 6) is -0.393. The maximum Gasteiger partial charge on any atom is 0.292 e. The van der Waals surface area contributed by atoms with Crippen LogP contribution in [0, 0.1) is 10.1 Å². The number of nitro groups is 1. The van der Waals surface area contributed by atoms with Crippen molar-refractivity contribution in [1.29, 1.82) is 0 Å². The molecule has 0 unspecified atom stereocenters. The molecule has 0 fully saturated rings. The first kappa shape index (κ1) is 12.5. The number of anilines is 1. The van der Waals surface area contributed by atoms with Gasteiger partial charge in [-0.05, 0) is 23.6 Å². The van der Waals surface area contributed by atoms with Gasteiger partial charge in [0, 0.05) is 11.1 Å². The van der Waals surface area contributed by atoms with Crippen molar-refractivity contribution in [3.63, 3.8) is 0 Å². The molecule has 0 bridgehead atoms. The summed E-state index contributed by atoms with van der Waals surface area (Å²) in [5.41, 5.74) is -0.102. The fraction of sp³-hybridized carbons (Fsp3) is 0. The second kappa shape index (κ2) is 5.16. The highest BCUT2D eigenvalue weighted by atomic mass is 35.5. The van der Waals surface area contributed by atoms with Gasteiger partial charge in [0.05, 0.1) is 9.80 Å². The van der Waals surface area contributed by atoms with Crippen LogP contribution in [0.1, 0.15) is 9.67 Å². The van der Waals surface area contributed by atoms with Crippen LogP contribution in [0.5, 0.6) is 0 Å². The average molecular weight is 283 g/mol. The monoisotopic (exact) mass is 282 g/mol. The van der Waals surface area contributed by atoms with Crippen LogP contribution >= 0.6 is 22.9 Å². The molecule has 2 aromatic rings. The number of rotatable bonds is 3. The zero-order chi connectivity index (χ0) is 13.1. The molecule has 1 amide bonds. The maximum atomic E-state index is 11.8. The predicted molar refractivity (Wildman–Crippen MR) is 70.4 cm³/mol. The zero-order valence-corrected chi connectivity index (χ0v) is 10.5. The molecule has 1 N–H and O–H groups in total. The molecule has 1 heterocycles. The highest BCUT2D eigenvalue weighted by molar-refractivity contribution is 7.12. The number of amides is 1. The lowest BCUT2D eigenvalue weighted by Gasteiger charge is -2.05. The van der Waals surface area contributed by atoms with Gasteiger partial charge in [0.25, 0.3) is 11.6 Å². The predicted octanol–water partition coefficient (Wildman–Crippen LogP) is 3.56. The summed E-state index contributed by atoms with van der Waals surface area (Å²) < 4.78 is 0. The number of hydrogen-bond donors (Lipinski definition) is 1. The van der Waals surface area contributed by atoms with Gasteiger partial charge in [-0.1, -0.05) is 17.7 Å². The Hall–Kier alpha value is -1.92. The zero-order valence-electron chi connectivity index (χ0n) is 8.92. The van der Waals surface area contributed by atoms with Crippen LogP contribution < -0.4 is 5.32 Å². The van der Waals surface area contributed by atoms with Crippen LogP contribution in [0.4, 0.5) is 11.4 Å². The van der Waals surface area contributed by atoms with Crippen LogP contribution in [0.25, 0.3) is 0 Å². The Labute approximate surface area is 111 Å². The quantitative estimate of drug-likeness (QED) is 0.691. The summed E-state index contributed by atoms with van der Waals surface area (Å²) in [6, 6.07) is 7.38. The highest BCUT2D eigenvalue weighted by Crippen LogP contribution is 2.28. The van der Waals surface area contributed by atoms with Crippen molar-refractivity contribution in [1.82, 2.24) is 0 Å². The fourth-order valence-electron chi connectivity index (χ4n) is 1.36. The topological polar surface area (TPSA) is 72.2 Å². The summed E-state index contributed by atoms with van der Waals surface area (Å²) in [6.07, 6.45) is 0. The third-order valence-corrected chi connectivity index (χ3v) is 3.25. The molecule has 92 valence electrons. The molecular weight excluding hydrogens is 276 g/mol. The number of carbonyl (C=O) groups excluding carboxylic acids is 1. The van der Waals surface area contributed by atoms with E-state index in [4.69, 9.17) is 11.6 Å². The Kier molecular flexibility index (Phi) is 3.59. The standard InChI is InChI=1S/C11H7ClN2O3S/c12-7-3-4-9(14(16)17)8(6-7)13-11(15)10-2-1-5-18-10/h1-6H,(H,13,15). The van der Waals surface area contributed by atoms with Crippen LogP contribution in [0.3, 0.4) is 0 Å². The number of nitrogens with one attached hydrogen (secondary N) is 1. The van der Waals surface area contributed by atoms with E-state index in [2.05, 4.69) is 5.32 Å². The molecule has 0 saturated carbocycles. The number of nitrogens with zero attached hydrogens (tertiary/aromatic N) is 1. The van der Waals surface area contributed by atoms with E-state index in [0.717, 1.165) is 0 Å². The number of thiophene rings is 1. The molecule has 0 aliphatic rings. The molecule has 7 heteroatoms. The van der Waals surface area contributed by atoms with Gasteiger partial charge in [-0.15, -0.1) is 11.3 Å². The van der Waals surface area contributed by atoms with E-state index in [1.165, 1.54) is 29.5 Å². The number of halogens is 1. The van der Waals surface area contributed by atoms with Gasteiger partial charge in [-0.25, -0.2) is 0 Å². The van der Waals surface area contributed by atoms with E-state index in [-0.39, 0.29) is 11.4 Å². The molecule has 0 saturated heterocycles. The van der Waals surface area contributed by atoms with Crippen LogP contribution in [-0.4, -0.2) is 10.8 Å². The maximum absolute atomic E-state index is 11.8. The second-order valence-corrected chi connectivity index (χ2v) is 4.73. The molecule has 2 rings (SSSR count). The van der Waals surface area contributed by atoms with E-state index in [0.29, 0.717) is 9.90 Å². The molecule has 1 aromatic carbocycles. The average Bonchev–Trinajstić information content (AvgIpc) is 2.81. The third-order valence-electron chi connectivity index (χ3n) is 2.15. The second-order valence-electron chi connectivity index (χ2n) is 3.35. The summed E-state index contributed by atoms with van der Waals surface area (Å²) >= 11 is 7.01. The number of nitro benzene ring substituents is 1. The smallest absolute Gasteiger partial charge is 0.292 e. The Morgan fingerprint density at radius 3 is 2.78 bits per heavy atom. The first-order valence-corrected chi connectivity index (χ1v) is 6.12. The Bertz CT molecular complexity index is 598. The van der Waals surface area contributed by atoms with Gasteiger partial charge in [-0.2, -0.15) is 0 Å². The Balaban J connectivity index is 2.31. The van der Waals surface area contributed by atoms with Crippen molar-refractivity contribution >= 4 is 40.2 Å². The molecular formula is C11H7ClN2O3S. The molecule has 18 heavy (non-hydrogen) atoms. The normalized spacial score (nSPS) is 10.1. The van der Waals surface area contributed by atoms with E-state index in [1.807, 2.05) is 0 Å². The van der Waals surface area contributed by atoms with Crippen molar-refractivity contribution < 1.29 is 9.72 Å². The first-order chi connectivity index (χ1) is 8.58. The van der Waals surface area contributed by atoms with E-state index < -0.39 is 10.8 Å². The molecule has 5 nitrogen and oxygen atoms in total. The van der Waals surface area contributed by atoms with Crippen molar-refractivity contribution in [3.05, 3.63) is 55.7 Å². The lowest BCUT2D eigenvalue weighted by atomic mass is 10.2. The molecule has 0 atom stereocenters. The highest BCUT2D eigenvalue weighted by Gasteiger charge is 2.17. The van der Waals surface area contributed by atoms with E-state index in [9.17, 15) is 14.9 Å². The van der Waals surface area contributed by atoms with Gasteiger partial charge < -0.3 is 5.32 Å². The summed E-state index contributed by atoms with van der Waals surface area (Å²) in [6.45, 7) is 0. The van der Waals surface area contributed by atoms with Gasteiger partial charge in [-0.3, -0.25) is 14.9 Å². The van der Waals surface area contributed by atoms with E-state index >= 15 is 0 Å². The van der Waals surface area contributed by atoms with Crippen LogP contribution in [0.2, 0.25) is 5.02 Å². The lowest BCUT2D eigenvalue weighted by Crippen LogP contribution is -2.11. The van der Waals surface area contributed by atoms with Crippen molar-refractivity contribution in [2.45, 2.75) is 0 Å². The minimum absolute atomic E-state index is 0.0888. The minimum Gasteiger partial charge on any atom is -0.315 e. The summed E-state index contributed by atoms with van der Waals surface area (Å²) in [7, 11) is 0.